The van der Waals surface area contributed by atoms with Crippen LogP contribution in [0.2, 0.25) is 5.02 Å². The first-order valence-electron chi connectivity index (χ1n) is 12.2. The summed E-state index contributed by atoms with van der Waals surface area (Å²) in [6.45, 7) is 5.50. The molecule has 1 amide bonds. The fourth-order valence-corrected chi connectivity index (χ4v) is 5.10. The Morgan fingerprint density at radius 2 is 1.76 bits per heavy atom. The van der Waals surface area contributed by atoms with Gasteiger partial charge in [0.1, 0.15) is 11.4 Å². The molecular formula is C28H33ClFNO3. The first-order chi connectivity index (χ1) is 16.1. The second kappa shape index (κ2) is 9.69. The molecular weight excluding hydrogens is 453 g/mol. The van der Waals surface area contributed by atoms with Crippen molar-refractivity contribution >= 4 is 29.2 Å². The molecule has 1 unspecified atom stereocenters. The van der Waals surface area contributed by atoms with Crippen molar-refractivity contribution in [2.45, 2.75) is 77.2 Å². The average molecular weight is 486 g/mol. The van der Waals surface area contributed by atoms with E-state index in [0.717, 1.165) is 31.2 Å². The van der Waals surface area contributed by atoms with E-state index in [1.165, 1.54) is 0 Å². The van der Waals surface area contributed by atoms with Crippen molar-refractivity contribution in [2.24, 2.45) is 11.3 Å². The summed E-state index contributed by atoms with van der Waals surface area (Å²) in [6, 6.07) is 12.3. The summed E-state index contributed by atoms with van der Waals surface area (Å²) in [6.07, 6.45) is 5.76. The third-order valence-corrected chi connectivity index (χ3v) is 7.19. The van der Waals surface area contributed by atoms with Crippen LogP contribution in [0.4, 0.5) is 10.1 Å². The second-order valence-electron chi connectivity index (χ2n) is 10.8. The molecule has 0 aliphatic heterocycles. The second-order valence-corrected chi connectivity index (χ2v) is 11.2. The van der Waals surface area contributed by atoms with Crippen LogP contribution in [-0.4, -0.2) is 17.5 Å². The maximum Gasteiger partial charge on any atom is 0.312 e. The zero-order valence-electron chi connectivity index (χ0n) is 20.1. The van der Waals surface area contributed by atoms with Gasteiger partial charge >= 0.3 is 5.97 Å². The van der Waals surface area contributed by atoms with Crippen LogP contribution in [0.25, 0.3) is 0 Å². The van der Waals surface area contributed by atoms with E-state index in [1.54, 1.807) is 30.3 Å². The van der Waals surface area contributed by atoms with E-state index in [1.807, 2.05) is 32.9 Å². The van der Waals surface area contributed by atoms with Crippen LogP contribution in [0.3, 0.4) is 0 Å². The van der Waals surface area contributed by atoms with Crippen molar-refractivity contribution in [1.29, 1.82) is 0 Å². The van der Waals surface area contributed by atoms with Crippen molar-refractivity contribution < 1.29 is 18.7 Å². The van der Waals surface area contributed by atoms with Gasteiger partial charge in [0, 0.05) is 5.02 Å². The number of amides is 1. The largest absolute Gasteiger partial charge is 0.460 e. The van der Waals surface area contributed by atoms with Crippen LogP contribution in [-0.2, 0) is 20.7 Å². The Bertz CT molecular complexity index is 1050. The topological polar surface area (TPSA) is 55.4 Å². The Morgan fingerprint density at radius 3 is 2.35 bits per heavy atom. The third-order valence-electron chi connectivity index (χ3n) is 6.93. The number of hydrogen-bond acceptors (Lipinski definition) is 3. The van der Waals surface area contributed by atoms with Gasteiger partial charge in [-0.25, -0.2) is 4.39 Å². The molecule has 0 heterocycles. The van der Waals surface area contributed by atoms with Gasteiger partial charge in [-0.05, 0) is 88.1 Å². The summed E-state index contributed by atoms with van der Waals surface area (Å²) in [5.74, 6) is -1.11. The molecule has 1 atom stereocenters. The number of benzene rings is 2. The highest BCUT2D eigenvalue weighted by atomic mass is 35.5. The molecule has 2 aliphatic carbocycles. The first kappa shape index (κ1) is 24.7. The number of esters is 1. The standard InChI is InChI=1S/C28H33ClFNO3/c1-27(2,3)34-26(33)28(15-16-28)17-20-9-6-10-22(24(20)30)31-25(32)23(18-7-4-5-8-18)19-11-13-21(29)14-12-19/h6,9-14,18,23H,4-5,7-8,15-17H2,1-3H3,(H,31,32). The molecule has 4 rings (SSSR count). The summed E-state index contributed by atoms with van der Waals surface area (Å²) in [5, 5.41) is 3.47. The highest BCUT2D eigenvalue weighted by Crippen LogP contribution is 2.50. The lowest BCUT2D eigenvalue weighted by atomic mass is 9.84. The minimum atomic E-state index is -0.674. The van der Waals surface area contributed by atoms with E-state index in [-0.39, 0.29) is 35.8 Å². The molecule has 2 saturated carbocycles. The fraction of sp³-hybridized carbons (Fsp3) is 0.500. The van der Waals surface area contributed by atoms with E-state index in [2.05, 4.69) is 5.32 Å². The number of anilines is 1. The number of carbonyl (C=O) groups is 2. The Labute approximate surface area is 206 Å². The quantitative estimate of drug-likeness (QED) is 0.427. The summed E-state index contributed by atoms with van der Waals surface area (Å²) in [7, 11) is 0. The predicted octanol–water partition coefficient (Wildman–Crippen LogP) is 7.06. The van der Waals surface area contributed by atoms with Crippen molar-refractivity contribution in [3.05, 3.63) is 64.4 Å². The van der Waals surface area contributed by atoms with Crippen molar-refractivity contribution in [1.82, 2.24) is 0 Å². The molecule has 2 aliphatic rings. The van der Waals surface area contributed by atoms with Gasteiger partial charge in [0.15, 0.2) is 0 Å². The van der Waals surface area contributed by atoms with Crippen molar-refractivity contribution in [2.75, 3.05) is 5.32 Å². The van der Waals surface area contributed by atoms with Gasteiger partial charge in [0.25, 0.3) is 0 Å². The molecule has 2 aromatic rings. The number of ether oxygens (including phenoxy) is 1. The Morgan fingerprint density at radius 1 is 1.12 bits per heavy atom. The number of rotatable bonds is 7. The van der Waals surface area contributed by atoms with Gasteiger partial charge in [0.2, 0.25) is 5.91 Å². The zero-order chi connectivity index (χ0) is 24.5. The lowest BCUT2D eigenvalue weighted by Crippen LogP contribution is -2.31. The van der Waals surface area contributed by atoms with E-state index < -0.39 is 16.8 Å². The molecule has 1 N–H and O–H groups in total. The number of carbonyl (C=O) groups excluding carboxylic acids is 2. The maximum atomic E-state index is 15.5. The van der Waals surface area contributed by atoms with Crippen LogP contribution in [0, 0.1) is 17.2 Å². The van der Waals surface area contributed by atoms with E-state index in [9.17, 15) is 9.59 Å². The molecule has 2 aromatic carbocycles. The molecule has 0 bridgehead atoms. The highest BCUT2D eigenvalue weighted by Gasteiger charge is 2.52. The van der Waals surface area contributed by atoms with E-state index >= 15 is 4.39 Å². The van der Waals surface area contributed by atoms with Gasteiger partial charge < -0.3 is 10.1 Å². The van der Waals surface area contributed by atoms with Gasteiger partial charge in [-0.15, -0.1) is 0 Å². The van der Waals surface area contributed by atoms with Crippen molar-refractivity contribution in [3.8, 4) is 0 Å². The number of halogens is 2. The third kappa shape index (κ3) is 5.63. The summed E-state index contributed by atoms with van der Waals surface area (Å²) in [4.78, 5) is 26.1. The van der Waals surface area contributed by atoms with Gasteiger partial charge in [-0.3, -0.25) is 9.59 Å². The predicted molar refractivity (Wildman–Crippen MR) is 132 cm³/mol. The van der Waals surface area contributed by atoms with Gasteiger partial charge in [-0.1, -0.05) is 48.7 Å². The Hall–Kier alpha value is -2.40. The number of hydrogen-bond donors (Lipinski definition) is 1. The SMILES string of the molecule is CC(C)(C)OC(=O)C1(Cc2cccc(NC(=O)C(c3ccc(Cl)cc3)C3CCCC3)c2F)CC1. The number of nitrogens with one attached hydrogen (secondary N) is 1. The maximum absolute atomic E-state index is 15.5. The average Bonchev–Trinajstić information content (AvgIpc) is 3.36. The molecule has 6 heteroatoms. The monoisotopic (exact) mass is 485 g/mol. The molecule has 34 heavy (non-hydrogen) atoms. The zero-order valence-corrected chi connectivity index (χ0v) is 20.9. The first-order valence-corrected chi connectivity index (χ1v) is 12.5. The van der Waals surface area contributed by atoms with Gasteiger partial charge in [0.05, 0.1) is 17.0 Å². The van der Waals surface area contributed by atoms with Crippen LogP contribution < -0.4 is 5.32 Å². The molecule has 0 saturated heterocycles. The minimum absolute atomic E-state index is 0.152. The van der Waals surface area contributed by atoms with Crippen molar-refractivity contribution in [3.63, 3.8) is 0 Å². The molecule has 0 spiro atoms. The highest BCUT2D eigenvalue weighted by molar-refractivity contribution is 6.30. The smallest absolute Gasteiger partial charge is 0.312 e. The van der Waals surface area contributed by atoms with Gasteiger partial charge in [-0.2, -0.15) is 0 Å². The van der Waals surface area contributed by atoms with Crippen LogP contribution in [0.5, 0.6) is 0 Å². The lowest BCUT2D eigenvalue weighted by Gasteiger charge is -2.25. The Balaban J connectivity index is 1.53. The minimum Gasteiger partial charge on any atom is -0.460 e. The normalized spacial score (nSPS) is 18.4. The summed E-state index contributed by atoms with van der Waals surface area (Å²) < 4.78 is 21.1. The van der Waals surface area contributed by atoms with E-state index in [4.69, 9.17) is 16.3 Å². The summed E-state index contributed by atoms with van der Waals surface area (Å²) >= 11 is 6.06. The van der Waals surface area contributed by atoms with Crippen LogP contribution >= 0.6 is 11.6 Å². The Kier molecular flexibility index (Phi) is 7.04. The lowest BCUT2D eigenvalue weighted by molar-refractivity contribution is -0.161. The fourth-order valence-electron chi connectivity index (χ4n) is 4.98. The molecule has 0 radical (unpaired) electrons. The molecule has 0 aromatic heterocycles. The van der Waals surface area contributed by atoms with Crippen LogP contribution in [0.15, 0.2) is 42.5 Å². The summed E-state index contributed by atoms with van der Waals surface area (Å²) in [5.41, 5.74) is 0.210. The molecule has 182 valence electrons. The molecule has 2 fully saturated rings. The molecule has 4 nitrogen and oxygen atoms in total. The van der Waals surface area contributed by atoms with Crippen LogP contribution in [0.1, 0.15) is 76.3 Å². The van der Waals surface area contributed by atoms with E-state index in [0.29, 0.717) is 23.4 Å².